The largest absolute Gasteiger partial charge is 0.439 e. The standard InChI is InChI=1S/C16H19ClN2O2/c1-11-16(12-2-4-13(17)5-3-12)21-15(18-11)10-19(8-9-20)14-6-7-14/h2-5,14,20H,6-10H2,1H3. The fourth-order valence-electron chi connectivity index (χ4n) is 2.52. The second-order valence-corrected chi connectivity index (χ2v) is 5.89. The Hall–Kier alpha value is -1.36. The summed E-state index contributed by atoms with van der Waals surface area (Å²) < 4.78 is 5.92. The molecule has 0 bridgehead atoms. The van der Waals surface area contributed by atoms with Crippen LogP contribution in [0.25, 0.3) is 11.3 Å². The van der Waals surface area contributed by atoms with Crippen LogP contribution in [0.3, 0.4) is 0 Å². The lowest BCUT2D eigenvalue weighted by atomic mass is 10.1. The third kappa shape index (κ3) is 3.46. The molecule has 0 unspecified atom stereocenters. The average Bonchev–Trinajstić information content (AvgIpc) is 3.24. The summed E-state index contributed by atoms with van der Waals surface area (Å²) in [6, 6.07) is 8.14. The molecule has 1 aromatic carbocycles. The van der Waals surface area contributed by atoms with E-state index in [0.29, 0.717) is 30.0 Å². The van der Waals surface area contributed by atoms with E-state index in [1.165, 1.54) is 12.8 Å². The lowest BCUT2D eigenvalue weighted by molar-refractivity contribution is 0.172. The van der Waals surface area contributed by atoms with Crippen LogP contribution in [-0.2, 0) is 6.54 Å². The molecule has 3 rings (SSSR count). The molecule has 1 aromatic heterocycles. The number of hydrogen-bond donors (Lipinski definition) is 1. The zero-order chi connectivity index (χ0) is 14.8. The van der Waals surface area contributed by atoms with E-state index in [9.17, 15) is 0 Å². The number of aryl methyl sites for hydroxylation is 1. The van der Waals surface area contributed by atoms with Crippen LogP contribution in [0, 0.1) is 6.92 Å². The number of aliphatic hydroxyl groups excluding tert-OH is 1. The molecule has 0 saturated heterocycles. The summed E-state index contributed by atoms with van der Waals surface area (Å²) in [4.78, 5) is 6.75. The predicted octanol–water partition coefficient (Wildman–Crippen LogP) is 3.26. The summed E-state index contributed by atoms with van der Waals surface area (Å²) in [5.41, 5.74) is 1.86. The van der Waals surface area contributed by atoms with Crippen molar-refractivity contribution in [2.24, 2.45) is 0 Å². The molecule has 1 saturated carbocycles. The zero-order valence-corrected chi connectivity index (χ0v) is 12.8. The van der Waals surface area contributed by atoms with E-state index in [4.69, 9.17) is 21.1 Å². The van der Waals surface area contributed by atoms with E-state index in [2.05, 4.69) is 9.88 Å². The minimum Gasteiger partial charge on any atom is -0.439 e. The highest BCUT2D eigenvalue weighted by Crippen LogP contribution is 2.30. The smallest absolute Gasteiger partial charge is 0.209 e. The van der Waals surface area contributed by atoms with Gasteiger partial charge in [0.15, 0.2) is 5.76 Å². The Morgan fingerprint density at radius 3 is 2.67 bits per heavy atom. The van der Waals surface area contributed by atoms with Crippen molar-refractivity contribution in [3.05, 3.63) is 40.9 Å². The number of benzene rings is 1. The van der Waals surface area contributed by atoms with Gasteiger partial charge in [-0.25, -0.2) is 4.98 Å². The van der Waals surface area contributed by atoms with Crippen molar-refractivity contribution >= 4 is 11.6 Å². The summed E-state index contributed by atoms with van der Waals surface area (Å²) in [6.45, 7) is 3.44. The van der Waals surface area contributed by atoms with Crippen molar-refractivity contribution in [1.82, 2.24) is 9.88 Å². The molecule has 1 N–H and O–H groups in total. The summed E-state index contributed by atoms with van der Waals surface area (Å²) in [7, 11) is 0. The van der Waals surface area contributed by atoms with Crippen molar-refractivity contribution < 1.29 is 9.52 Å². The molecule has 1 aliphatic rings. The molecule has 5 heteroatoms. The molecule has 0 aliphatic heterocycles. The van der Waals surface area contributed by atoms with Crippen LogP contribution < -0.4 is 0 Å². The molecule has 1 aliphatic carbocycles. The van der Waals surface area contributed by atoms with Crippen LogP contribution in [0.4, 0.5) is 0 Å². The predicted molar refractivity (Wildman–Crippen MR) is 82.2 cm³/mol. The number of aromatic nitrogens is 1. The van der Waals surface area contributed by atoms with Crippen LogP contribution in [0.1, 0.15) is 24.4 Å². The van der Waals surface area contributed by atoms with Crippen molar-refractivity contribution in [3.63, 3.8) is 0 Å². The molecule has 21 heavy (non-hydrogen) atoms. The van der Waals surface area contributed by atoms with Gasteiger partial charge in [0.2, 0.25) is 5.89 Å². The van der Waals surface area contributed by atoms with E-state index in [1.54, 1.807) is 0 Å². The van der Waals surface area contributed by atoms with Gasteiger partial charge in [-0.2, -0.15) is 0 Å². The fraction of sp³-hybridized carbons (Fsp3) is 0.438. The SMILES string of the molecule is Cc1nc(CN(CCO)C2CC2)oc1-c1ccc(Cl)cc1. The molecule has 0 radical (unpaired) electrons. The number of rotatable bonds is 6. The van der Waals surface area contributed by atoms with Gasteiger partial charge in [0.25, 0.3) is 0 Å². The van der Waals surface area contributed by atoms with E-state index in [-0.39, 0.29) is 6.61 Å². The molecule has 0 spiro atoms. The molecular formula is C16H19ClN2O2. The topological polar surface area (TPSA) is 49.5 Å². The van der Waals surface area contributed by atoms with Gasteiger partial charge in [0.05, 0.1) is 18.8 Å². The van der Waals surface area contributed by atoms with Gasteiger partial charge < -0.3 is 9.52 Å². The highest BCUT2D eigenvalue weighted by atomic mass is 35.5. The second kappa shape index (κ2) is 6.18. The van der Waals surface area contributed by atoms with Crippen LogP contribution >= 0.6 is 11.6 Å². The first-order chi connectivity index (χ1) is 10.2. The number of nitrogens with zero attached hydrogens (tertiary/aromatic N) is 2. The molecule has 2 aromatic rings. The van der Waals surface area contributed by atoms with Crippen molar-refractivity contribution in [3.8, 4) is 11.3 Å². The van der Waals surface area contributed by atoms with Gasteiger partial charge in [0, 0.05) is 23.2 Å². The molecular weight excluding hydrogens is 288 g/mol. The third-order valence-electron chi connectivity index (χ3n) is 3.74. The quantitative estimate of drug-likeness (QED) is 0.890. The first kappa shape index (κ1) is 14.6. The summed E-state index contributed by atoms with van der Waals surface area (Å²) >= 11 is 5.91. The van der Waals surface area contributed by atoms with Gasteiger partial charge >= 0.3 is 0 Å². The van der Waals surface area contributed by atoms with Crippen LogP contribution in [-0.4, -0.2) is 34.2 Å². The first-order valence-corrected chi connectivity index (χ1v) is 7.62. The number of oxazole rings is 1. The van der Waals surface area contributed by atoms with E-state index in [1.807, 2.05) is 31.2 Å². The van der Waals surface area contributed by atoms with Gasteiger partial charge in [-0.3, -0.25) is 4.90 Å². The Morgan fingerprint density at radius 2 is 2.05 bits per heavy atom. The van der Waals surface area contributed by atoms with Crippen molar-refractivity contribution in [1.29, 1.82) is 0 Å². The van der Waals surface area contributed by atoms with E-state index < -0.39 is 0 Å². The Balaban J connectivity index is 1.78. The number of aliphatic hydroxyl groups is 1. The minimum atomic E-state index is 0.167. The lowest BCUT2D eigenvalue weighted by Crippen LogP contribution is -2.28. The first-order valence-electron chi connectivity index (χ1n) is 7.24. The lowest BCUT2D eigenvalue weighted by Gasteiger charge is -2.18. The molecule has 112 valence electrons. The Labute approximate surface area is 129 Å². The third-order valence-corrected chi connectivity index (χ3v) is 3.99. The summed E-state index contributed by atoms with van der Waals surface area (Å²) in [5, 5.41) is 9.86. The summed E-state index contributed by atoms with van der Waals surface area (Å²) in [5.74, 6) is 1.50. The molecule has 0 amide bonds. The Kier molecular flexibility index (Phi) is 4.29. The maximum Gasteiger partial charge on any atom is 0.209 e. The Morgan fingerprint density at radius 1 is 1.33 bits per heavy atom. The average molecular weight is 307 g/mol. The Bertz CT molecular complexity index is 605. The number of hydrogen-bond acceptors (Lipinski definition) is 4. The number of halogens is 1. The normalized spacial score (nSPS) is 14.9. The fourth-order valence-corrected chi connectivity index (χ4v) is 2.65. The van der Waals surface area contributed by atoms with Gasteiger partial charge in [0.1, 0.15) is 0 Å². The molecule has 1 heterocycles. The monoisotopic (exact) mass is 306 g/mol. The van der Waals surface area contributed by atoms with Gasteiger partial charge in [-0.1, -0.05) is 11.6 Å². The minimum absolute atomic E-state index is 0.167. The van der Waals surface area contributed by atoms with Crippen LogP contribution in [0.15, 0.2) is 28.7 Å². The van der Waals surface area contributed by atoms with Crippen molar-refractivity contribution in [2.75, 3.05) is 13.2 Å². The highest BCUT2D eigenvalue weighted by molar-refractivity contribution is 6.30. The second-order valence-electron chi connectivity index (χ2n) is 5.45. The molecule has 4 nitrogen and oxygen atoms in total. The van der Waals surface area contributed by atoms with Crippen molar-refractivity contribution in [2.45, 2.75) is 32.4 Å². The zero-order valence-electron chi connectivity index (χ0n) is 12.1. The maximum absolute atomic E-state index is 9.15. The van der Waals surface area contributed by atoms with Gasteiger partial charge in [-0.05, 0) is 44.0 Å². The molecule has 0 atom stereocenters. The van der Waals surface area contributed by atoms with Crippen LogP contribution in [0.2, 0.25) is 5.02 Å². The van der Waals surface area contributed by atoms with E-state index >= 15 is 0 Å². The van der Waals surface area contributed by atoms with E-state index in [0.717, 1.165) is 17.0 Å². The van der Waals surface area contributed by atoms with Gasteiger partial charge in [-0.15, -0.1) is 0 Å². The molecule has 1 fully saturated rings. The van der Waals surface area contributed by atoms with Crippen LogP contribution in [0.5, 0.6) is 0 Å². The summed E-state index contributed by atoms with van der Waals surface area (Å²) in [6.07, 6.45) is 2.40. The maximum atomic E-state index is 9.15. The highest BCUT2D eigenvalue weighted by Gasteiger charge is 2.29.